The molecule has 0 atom stereocenters. The zero-order valence-corrected chi connectivity index (χ0v) is 16.8. The van der Waals surface area contributed by atoms with Crippen LogP contribution in [0.25, 0.3) is 9.88 Å². The molecule has 0 saturated heterocycles. The van der Waals surface area contributed by atoms with Crippen LogP contribution in [-0.4, -0.2) is 21.1 Å². The van der Waals surface area contributed by atoms with Gasteiger partial charge in [0.05, 0.1) is 21.3 Å². The van der Waals surface area contributed by atoms with Crippen LogP contribution < -0.4 is 5.32 Å². The summed E-state index contributed by atoms with van der Waals surface area (Å²) in [5.74, 6) is -0.127. The number of carbonyl (C=O) groups excluding carboxylic acids is 1. The smallest absolute Gasteiger partial charge is 0.232 e. The first-order valence-corrected chi connectivity index (χ1v) is 10.9. The summed E-state index contributed by atoms with van der Waals surface area (Å²) in [7, 11) is 0. The molecule has 0 fully saturated rings. The molecular weight excluding hydrogens is 396 g/mol. The Morgan fingerprint density at radius 2 is 2.12 bits per heavy atom. The minimum Gasteiger partial charge on any atom is -0.300 e. The van der Waals surface area contributed by atoms with Gasteiger partial charge >= 0.3 is 0 Å². The summed E-state index contributed by atoms with van der Waals surface area (Å²) in [4.78, 5) is 17.7. The number of hydrogen-bond acceptors (Lipinski definition) is 7. The number of carbonyl (C=O) groups is 1. The molecule has 0 saturated carbocycles. The van der Waals surface area contributed by atoms with Crippen LogP contribution in [0.3, 0.4) is 0 Å². The van der Waals surface area contributed by atoms with E-state index in [4.69, 9.17) is 11.6 Å². The Hall–Kier alpha value is -1.35. The standard InChI is InChI=1S/C16H17ClN4OS3/c1-2-3-4-5-14-20-21-16(25-14)19-13(22)8-10-9-23-15(18-10)11-6-7-12(17)24-11/h6-7,9H,2-5,8H2,1H3,(H,19,21,22). The Labute approximate surface area is 163 Å². The highest BCUT2D eigenvalue weighted by atomic mass is 35.5. The average Bonchev–Trinajstić information content (AvgIpc) is 3.29. The van der Waals surface area contributed by atoms with E-state index in [2.05, 4.69) is 27.4 Å². The SMILES string of the molecule is CCCCCc1nnc(NC(=O)Cc2csc(-c3ccc(Cl)s3)n2)s1. The van der Waals surface area contributed by atoms with E-state index in [1.165, 1.54) is 46.9 Å². The first-order valence-electron chi connectivity index (χ1n) is 7.96. The molecular formula is C16H17ClN4OS3. The van der Waals surface area contributed by atoms with E-state index in [1.807, 2.05) is 17.5 Å². The van der Waals surface area contributed by atoms with Crippen molar-refractivity contribution in [2.24, 2.45) is 0 Å². The van der Waals surface area contributed by atoms with Crippen LogP contribution >= 0.6 is 45.6 Å². The summed E-state index contributed by atoms with van der Waals surface area (Å²) < 4.78 is 0.732. The zero-order valence-electron chi connectivity index (χ0n) is 13.6. The van der Waals surface area contributed by atoms with Crippen LogP contribution in [-0.2, 0) is 17.6 Å². The third kappa shape index (κ3) is 5.31. The van der Waals surface area contributed by atoms with E-state index in [-0.39, 0.29) is 12.3 Å². The number of nitrogens with zero attached hydrogens (tertiary/aromatic N) is 3. The van der Waals surface area contributed by atoms with Crippen LogP contribution in [0.4, 0.5) is 5.13 Å². The maximum atomic E-state index is 12.2. The van der Waals surface area contributed by atoms with Crippen molar-refractivity contribution in [2.45, 2.75) is 39.0 Å². The quantitative estimate of drug-likeness (QED) is 0.510. The van der Waals surface area contributed by atoms with Crippen molar-refractivity contribution in [2.75, 3.05) is 5.32 Å². The number of halogens is 1. The Balaban J connectivity index is 1.53. The van der Waals surface area contributed by atoms with Crippen molar-refractivity contribution in [1.29, 1.82) is 0 Å². The topological polar surface area (TPSA) is 67.8 Å². The molecule has 1 N–H and O–H groups in total. The van der Waals surface area contributed by atoms with E-state index in [9.17, 15) is 4.79 Å². The maximum Gasteiger partial charge on any atom is 0.232 e. The van der Waals surface area contributed by atoms with Crippen molar-refractivity contribution >= 4 is 56.7 Å². The monoisotopic (exact) mass is 412 g/mol. The highest BCUT2D eigenvalue weighted by Gasteiger charge is 2.12. The molecule has 3 rings (SSSR count). The lowest BCUT2D eigenvalue weighted by Gasteiger charge is -1.98. The van der Waals surface area contributed by atoms with Crippen molar-refractivity contribution in [1.82, 2.24) is 15.2 Å². The van der Waals surface area contributed by atoms with Crippen LogP contribution in [0, 0.1) is 0 Å². The van der Waals surface area contributed by atoms with Gasteiger partial charge in [-0.3, -0.25) is 4.79 Å². The van der Waals surface area contributed by atoms with Gasteiger partial charge in [-0.15, -0.1) is 32.9 Å². The fraction of sp³-hybridized carbons (Fsp3) is 0.375. The number of anilines is 1. The highest BCUT2D eigenvalue weighted by molar-refractivity contribution is 7.23. The van der Waals surface area contributed by atoms with E-state index in [0.717, 1.165) is 37.8 Å². The number of rotatable bonds is 8. The molecule has 0 spiro atoms. The summed E-state index contributed by atoms with van der Waals surface area (Å²) in [6, 6.07) is 3.79. The third-order valence-electron chi connectivity index (χ3n) is 3.38. The lowest BCUT2D eigenvalue weighted by atomic mass is 10.2. The first-order chi connectivity index (χ1) is 12.1. The Kier molecular flexibility index (Phi) is 6.52. The van der Waals surface area contributed by atoms with Gasteiger partial charge < -0.3 is 5.32 Å². The largest absolute Gasteiger partial charge is 0.300 e. The van der Waals surface area contributed by atoms with Gasteiger partial charge in [-0.25, -0.2) is 4.98 Å². The molecule has 25 heavy (non-hydrogen) atoms. The third-order valence-corrected chi connectivity index (χ3v) is 6.57. The number of thiophene rings is 1. The van der Waals surface area contributed by atoms with E-state index in [0.29, 0.717) is 5.13 Å². The number of thiazole rings is 1. The van der Waals surface area contributed by atoms with Gasteiger partial charge in [0.2, 0.25) is 11.0 Å². The fourth-order valence-electron chi connectivity index (χ4n) is 2.19. The normalized spacial score (nSPS) is 11.0. The van der Waals surface area contributed by atoms with Gasteiger partial charge in [0.1, 0.15) is 10.0 Å². The number of aromatic nitrogens is 3. The lowest BCUT2D eigenvalue weighted by molar-refractivity contribution is -0.115. The second-order valence-corrected chi connectivity index (χ2v) is 9.07. The highest BCUT2D eigenvalue weighted by Crippen LogP contribution is 2.33. The predicted molar refractivity (Wildman–Crippen MR) is 106 cm³/mol. The van der Waals surface area contributed by atoms with Gasteiger partial charge in [-0.2, -0.15) is 0 Å². The number of hydrogen-bond donors (Lipinski definition) is 1. The van der Waals surface area contributed by atoms with Crippen molar-refractivity contribution in [3.8, 4) is 9.88 Å². The molecule has 5 nitrogen and oxygen atoms in total. The number of nitrogens with one attached hydrogen (secondary N) is 1. The zero-order chi connectivity index (χ0) is 17.6. The van der Waals surface area contributed by atoms with Crippen LogP contribution in [0.2, 0.25) is 4.34 Å². The van der Waals surface area contributed by atoms with Gasteiger partial charge in [-0.1, -0.05) is 42.7 Å². The molecule has 0 radical (unpaired) electrons. The summed E-state index contributed by atoms with van der Waals surface area (Å²) in [5, 5.41) is 15.3. The minimum atomic E-state index is -0.127. The molecule has 0 aliphatic carbocycles. The molecule has 0 bridgehead atoms. The molecule has 3 heterocycles. The molecule has 3 aromatic heterocycles. The summed E-state index contributed by atoms with van der Waals surface area (Å²) >= 11 is 10.4. The number of unbranched alkanes of at least 4 members (excludes halogenated alkanes) is 2. The fourth-order valence-corrected chi connectivity index (χ4v) is 4.92. The molecule has 0 aliphatic rings. The average molecular weight is 413 g/mol. The van der Waals surface area contributed by atoms with E-state index < -0.39 is 0 Å². The van der Waals surface area contributed by atoms with Crippen LogP contribution in [0.15, 0.2) is 17.5 Å². The maximum absolute atomic E-state index is 12.2. The Bertz CT molecular complexity index is 842. The summed E-state index contributed by atoms with van der Waals surface area (Å²) in [6.45, 7) is 2.17. The summed E-state index contributed by atoms with van der Waals surface area (Å²) in [6.07, 6.45) is 4.60. The van der Waals surface area contributed by atoms with Gasteiger partial charge in [0.15, 0.2) is 0 Å². The van der Waals surface area contributed by atoms with Crippen LogP contribution in [0.1, 0.15) is 36.9 Å². The summed E-state index contributed by atoms with van der Waals surface area (Å²) in [5.41, 5.74) is 0.745. The van der Waals surface area contributed by atoms with E-state index in [1.54, 1.807) is 0 Å². The second-order valence-electron chi connectivity index (χ2n) is 5.43. The van der Waals surface area contributed by atoms with Gasteiger partial charge in [0.25, 0.3) is 0 Å². The van der Waals surface area contributed by atoms with Gasteiger partial charge in [-0.05, 0) is 18.6 Å². The minimum absolute atomic E-state index is 0.127. The van der Waals surface area contributed by atoms with Gasteiger partial charge in [0, 0.05) is 11.8 Å². The molecule has 0 unspecified atom stereocenters. The Morgan fingerprint density at radius 3 is 2.88 bits per heavy atom. The number of aryl methyl sites for hydroxylation is 1. The lowest BCUT2D eigenvalue weighted by Crippen LogP contribution is -2.14. The second kappa shape index (κ2) is 8.84. The number of amides is 1. The van der Waals surface area contributed by atoms with E-state index >= 15 is 0 Å². The first kappa shape index (κ1) is 18.4. The molecule has 1 amide bonds. The van der Waals surface area contributed by atoms with Crippen LogP contribution in [0.5, 0.6) is 0 Å². The molecule has 9 heteroatoms. The Morgan fingerprint density at radius 1 is 1.24 bits per heavy atom. The molecule has 132 valence electrons. The predicted octanol–water partition coefficient (Wildman–Crippen LogP) is 5.29. The molecule has 0 aromatic carbocycles. The molecule has 0 aliphatic heterocycles. The molecule has 3 aromatic rings. The van der Waals surface area contributed by atoms with Crippen molar-refractivity contribution in [3.63, 3.8) is 0 Å². The van der Waals surface area contributed by atoms with Crippen molar-refractivity contribution in [3.05, 3.63) is 32.6 Å². The van der Waals surface area contributed by atoms with Crippen molar-refractivity contribution < 1.29 is 4.79 Å².